The lowest BCUT2D eigenvalue weighted by atomic mass is 10.1. The minimum absolute atomic E-state index is 0.0375. The summed E-state index contributed by atoms with van der Waals surface area (Å²) in [5.41, 5.74) is 0.579. The number of halogens is 1. The van der Waals surface area contributed by atoms with Gasteiger partial charge < -0.3 is 19.0 Å². The van der Waals surface area contributed by atoms with Crippen molar-refractivity contribution in [3.63, 3.8) is 0 Å². The third-order valence-corrected chi connectivity index (χ3v) is 3.85. The van der Waals surface area contributed by atoms with E-state index >= 15 is 0 Å². The second kappa shape index (κ2) is 5.10. The molecular formula is C16H13ClO5. The maximum Gasteiger partial charge on any atom is 0.208 e. The first kappa shape index (κ1) is 14.5. The maximum absolute atomic E-state index is 12.8. The third-order valence-electron chi connectivity index (χ3n) is 3.55. The fourth-order valence-electron chi connectivity index (χ4n) is 2.57. The van der Waals surface area contributed by atoms with Crippen molar-refractivity contribution in [3.8, 4) is 17.2 Å². The molecule has 0 aliphatic heterocycles. The van der Waals surface area contributed by atoms with E-state index in [1.165, 1.54) is 20.3 Å². The van der Waals surface area contributed by atoms with Gasteiger partial charge in [0.05, 0.1) is 19.2 Å². The van der Waals surface area contributed by atoms with Gasteiger partial charge in [-0.1, -0.05) is 11.6 Å². The van der Waals surface area contributed by atoms with Crippen LogP contribution < -0.4 is 14.9 Å². The van der Waals surface area contributed by atoms with E-state index in [1.807, 2.05) is 0 Å². The molecule has 3 aromatic rings. The Hall–Kier alpha value is -2.40. The highest BCUT2D eigenvalue weighted by Gasteiger charge is 2.21. The van der Waals surface area contributed by atoms with Gasteiger partial charge in [0.15, 0.2) is 16.9 Å². The van der Waals surface area contributed by atoms with Crippen LogP contribution in [-0.2, 0) is 0 Å². The van der Waals surface area contributed by atoms with E-state index in [0.29, 0.717) is 17.1 Å². The van der Waals surface area contributed by atoms with Crippen molar-refractivity contribution in [1.29, 1.82) is 0 Å². The van der Waals surface area contributed by atoms with Crippen molar-refractivity contribution < 1.29 is 19.0 Å². The van der Waals surface area contributed by atoms with Crippen LogP contribution in [0.1, 0.15) is 5.56 Å². The van der Waals surface area contributed by atoms with E-state index in [9.17, 15) is 9.90 Å². The van der Waals surface area contributed by atoms with Crippen LogP contribution in [0.15, 0.2) is 27.4 Å². The highest BCUT2D eigenvalue weighted by atomic mass is 35.5. The van der Waals surface area contributed by atoms with Crippen LogP contribution in [-0.4, -0.2) is 19.3 Å². The summed E-state index contributed by atoms with van der Waals surface area (Å²) in [5, 5.41) is 10.7. The summed E-state index contributed by atoms with van der Waals surface area (Å²) in [7, 11) is 2.91. The number of fused-ring (bicyclic) bond motifs is 2. The zero-order valence-electron chi connectivity index (χ0n) is 12.2. The summed E-state index contributed by atoms with van der Waals surface area (Å²) in [6.07, 6.45) is 0. The quantitative estimate of drug-likeness (QED) is 0.730. The molecule has 0 spiro atoms. The molecule has 1 heterocycles. The van der Waals surface area contributed by atoms with Crippen LogP contribution in [0.5, 0.6) is 17.2 Å². The monoisotopic (exact) mass is 320 g/mol. The van der Waals surface area contributed by atoms with Gasteiger partial charge in [0.25, 0.3) is 0 Å². The van der Waals surface area contributed by atoms with Gasteiger partial charge in [-0.3, -0.25) is 4.79 Å². The molecule has 22 heavy (non-hydrogen) atoms. The molecular weight excluding hydrogens is 308 g/mol. The topological polar surface area (TPSA) is 68.9 Å². The fraction of sp³-hybridized carbons (Fsp3) is 0.188. The number of hydrogen-bond acceptors (Lipinski definition) is 5. The van der Waals surface area contributed by atoms with Crippen molar-refractivity contribution in [2.75, 3.05) is 14.2 Å². The minimum Gasteiger partial charge on any atom is -0.507 e. The number of hydrogen-bond donors (Lipinski definition) is 1. The van der Waals surface area contributed by atoms with E-state index in [1.54, 1.807) is 19.1 Å². The molecule has 0 unspecified atom stereocenters. The van der Waals surface area contributed by atoms with Crippen molar-refractivity contribution in [3.05, 3.63) is 39.0 Å². The van der Waals surface area contributed by atoms with Crippen LogP contribution in [0.25, 0.3) is 21.9 Å². The number of methoxy groups -OCH3 is 2. The summed E-state index contributed by atoms with van der Waals surface area (Å²) in [5.74, 6) is 0.533. The van der Waals surface area contributed by atoms with Crippen LogP contribution in [0.4, 0.5) is 0 Å². The molecule has 0 amide bonds. The average Bonchev–Trinajstić information content (AvgIpc) is 2.48. The maximum atomic E-state index is 12.8. The molecule has 1 aromatic heterocycles. The lowest BCUT2D eigenvalue weighted by Gasteiger charge is -2.12. The average molecular weight is 321 g/mol. The van der Waals surface area contributed by atoms with E-state index in [4.69, 9.17) is 25.5 Å². The molecule has 1 N–H and O–H groups in total. The summed E-state index contributed by atoms with van der Waals surface area (Å²) < 4.78 is 16.3. The first-order valence-electron chi connectivity index (χ1n) is 6.49. The molecule has 0 saturated heterocycles. The molecule has 5 nitrogen and oxygen atoms in total. The second-order valence-electron chi connectivity index (χ2n) is 4.83. The van der Waals surface area contributed by atoms with E-state index in [-0.39, 0.29) is 32.7 Å². The molecule has 3 rings (SSSR count). The molecule has 0 radical (unpaired) electrons. The van der Waals surface area contributed by atoms with Crippen LogP contribution in [0.3, 0.4) is 0 Å². The smallest absolute Gasteiger partial charge is 0.208 e. The Kier molecular flexibility index (Phi) is 3.37. The molecule has 0 aliphatic rings. The van der Waals surface area contributed by atoms with Gasteiger partial charge in [-0.25, -0.2) is 0 Å². The van der Waals surface area contributed by atoms with Crippen molar-refractivity contribution in [2.24, 2.45) is 0 Å². The minimum atomic E-state index is -0.425. The Bertz CT molecular complexity index is 959. The Morgan fingerprint density at radius 1 is 1.14 bits per heavy atom. The highest BCUT2D eigenvalue weighted by Crippen LogP contribution is 2.39. The van der Waals surface area contributed by atoms with Crippen LogP contribution in [0.2, 0.25) is 5.02 Å². The summed E-state index contributed by atoms with van der Waals surface area (Å²) in [4.78, 5) is 12.8. The molecule has 0 fully saturated rings. The summed E-state index contributed by atoms with van der Waals surface area (Å²) in [6, 6.07) is 4.62. The number of benzene rings is 2. The molecule has 0 atom stereocenters. The molecule has 6 heteroatoms. The zero-order chi connectivity index (χ0) is 16.0. The van der Waals surface area contributed by atoms with Gasteiger partial charge in [-0.2, -0.15) is 0 Å². The standard InChI is InChI=1S/C16H13ClO5/c1-7-6-9(18)11-13(19)12-10(20-2)5-4-8(17)15(12)22-16(11)14(7)21-3/h4-6,18H,1-3H3. The largest absolute Gasteiger partial charge is 0.507 e. The Balaban J connectivity index is 2.67. The van der Waals surface area contributed by atoms with Gasteiger partial charge in [-0.05, 0) is 30.7 Å². The molecule has 0 bridgehead atoms. The number of aryl methyl sites for hydroxylation is 1. The lowest BCUT2D eigenvalue weighted by molar-refractivity contribution is 0.405. The Morgan fingerprint density at radius 3 is 2.50 bits per heavy atom. The Labute approximate surface area is 130 Å². The first-order chi connectivity index (χ1) is 10.5. The number of ether oxygens (including phenoxy) is 2. The van der Waals surface area contributed by atoms with Crippen LogP contribution >= 0.6 is 11.6 Å². The van der Waals surface area contributed by atoms with Crippen LogP contribution in [0, 0.1) is 6.92 Å². The number of phenols is 1. The first-order valence-corrected chi connectivity index (χ1v) is 6.87. The zero-order valence-corrected chi connectivity index (χ0v) is 12.9. The third kappa shape index (κ3) is 1.89. The number of aromatic hydroxyl groups is 1. The predicted molar refractivity (Wildman–Crippen MR) is 84.5 cm³/mol. The van der Waals surface area contributed by atoms with E-state index < -0.39 is 5.43 Å². The molecule has 114 valence electrons. The van der Waals surface area contributed by atoms with E-state index in [0.717, 1.165) is 0 Å². The van der Waals surface area contributed by atoms with Crippen molar-refractivity contribution >= 4 is 33.5 Å². The van der Waals surface area contributed by atoms with Crippen molar-refractivity contribution in [1.82, 2.24) is 0 Å². The van der Waals surface area contributed by atoms with Gasteiger partial charge in [0.1, 0.15) is 22.3 Å². The molecule has 0 aliphatic carbocycles. The van der Waals surface area contributed by atoms with Gasteiger partial charge in [-0.15, -0.1) is 0 Å². The second-order valence-corrected chi connectivity index (χ2v) is 5.24. The van der Waals surface area contributed by atoms with Gasteiger partial charge >= 0.3 is 0 Å². The fourth-order valence-corrected chi connectivity index (χ4v) is 2.77. The molecule has 2 aromatic carbocycles. The highest BCUT2D eigenvalue weighted by molar-refractivity contribution is 6.35. The Morgan fingerprint density at radius 2 is 1.86 bits per heavy atom. The van der Waals surface area contributed by atoms with Crippen molar-refractivity contribution in [2.45, 2.75) is 6.92 Å². The summed E-state index contributed by atoms with van der Waals surface area (Å²) >= 11 is 6.14. The van der Waals surface area contributed by atoms with Gasteiger partial charge in [0.2, 0.25) is 5.43 Å². The molecule has 0 saturated carbocycles. The van der Waals surface area contributed by atoms with Gasteiger partial charge in [0, 0.05) is 0 Å². The lowest BCUT2D eigenvalue weighted by Crippen LogP contribution is -2.06. The normalized spacial score (nSPS) is 11.1. The number of phenolic OH excluding ortho intramolecular Hbond substituents is 1. The predicted octanol–water partition coefficient (Wildman–Crippen LogP) is 3.63. The van der Waals surface area contributed by atoms with E-state index in [2.05, 4.69) is 0 Å². The SMILES string of the molecule is COc1c(C)cc(O)c2c(=O)c3c(OC)ccc(Cl)c3oc12. The summed E-state index contributed by atoms with van der Waals surface area (Å²) in [6.45, 7) is 1.75. The number of rotatable bonds is 2.